The molecule has 4 aromatic rings. The summed E-state index contributed by atoms with van der Waals surface area (Å²) in [6, 6.07) is 18.4. The predicted octanol–water partition coefficient (Wildman–Crippen LogP) is 4.84. The number of non-ortho nitro benzene ring substituents is 2. The molecule has 0 bridgehead atoms. The fourth-order valence-corrected chi connectivity index (χ4v) is 7.92. The lowest BCUT2D eigenvalue weighted by Gasteiger charge is -2.33. The highest BCUT2D eigenvalue weighted by Crippen LogP contribution is 2.47. The number of nitro benzene ring substituents is 2. The number of carboxylic acid groups (broad SMARTS) is 1. The first kappa shape index (κ1) is 35.2. The second-order valence-electron chi connectivity index (χ2n) is 14.6. The molecule has 0 fully saturated rings. The topological polar surface area (TPSA) is 164 Å². The number of nitrogens with zero attached hydrogens (tertiary/aromatic N) is 4. The van der Waals surface area contributed by atoms with Crippen molar-refractivity contribution in [2.45, 2.75) is 82.8 Å². The van der Waals surface area contributed by atoms with Crippen molar-refractivity contribution in [3.05, 3.63) is 135 Å². The average Bonchev–Trinajstić information content (AvgIpc) is 3.43. The highest BCUT2D eigenvalue weighted by molar-refractivity contribution is 5.71. The van der Waals surface area contributed by atoms with Gasteiger partial charge in [-0.1, -0.05) is 70.5 Å². The van der Waals surface area contributed by atoms with Crippen molar-refractivity contribution in [3.8, 4) is 0 Å². The van der Waals surface area contributed by atoms with Gasteiger partial charge >= 0.3 is 5.97 Å². The van der Waals surface area contributed by atoms with E-state index in [1.807, 2.05) is 61.2 Å². The van der Waals surface area contributed by atoms with Gasteiger partial charge in [-0.15, -0.1) is 0 Å². The Bertz CT molecular complexity index is 2190. The SMILES string of the molecule is CC1(C)c2ccccc2N(CCCCCC(=O)O)C1C=c1c(=O)c(=CC2N(Cc3cc([N+](=O)[O-])cc([N+](=O)[O-])c3)c3ccccc3C2(C)C)c1=O. The minimum atomic E-state index is -0.822. The van der Waals surface area contributed by atoms with Gasteiger partial charge in [0, 0.05) is 53.8 Å². The van der Waals surface area contributed by atoms with Gasteiger partial charge in [0.15, 0.2) is 10.9 Å². The normalized spacial score (nSPS) is 18.4. The number of fused-ring (bicyclic) bond motifs is 2. The maximum atomic E-state index is 13.9. The molecule has 2 unspecified atom stereocenters. The zero-order valence-electron chi connectivity index (χ0n) is 29.0. The van der Waals surface area contributed by atoms with Crippen LogP contribution >= 0.6 is 0 Å². The summed E-state index contributed by atoms with van der Waals surface area (Å²) in [6.07, 6.45) is 5.64. The molecule has 0 aliphatic carbocycles. The van der Waals surface area contributed by atoms with Crippen LogP contribution in [0, 0.1) is 20.2 Å². The molecule has 12 nitrogen and oxygen atoms in total. The largest absolute Gasteiger partial charge is 0.481 e. The summed E-state index contributed by atoms with van der Waals surface area (Å²) in [7, 11) is 0. The van der Waals surface area contributed by atoms with Crippen LogP contribution in [0.25, 0.3) is 12.2 Å². The highest BCUT2D eigenvalue weighted by atomic mass is 16.6. The molecule has 2 aliphatic heterocycles. The van der Waals surface area contributed by atoms with Crippen molar-refractivity contribution in [3.63, 3.8) is 0 Å². The fraction of sp³-hybridized carbons (Fsp3) is 0.359. The van der Waals surface area contributed by atoms with Crippen molar-refractivity contribution < 1.29 is 19.7 Å². The van der Waals surface area contributed by atoms with E-state index in [2.05, 4.69) is 24.8 Å². The highest BCUT2D eigenvalue weighted by Gasteiger charge is 2.45. The van der Waals surface area contributed by atoms with Gasteiger partial charge in [0.2, 0.25) is 0 Å². The molecular formula is C39H40N4O8. The number of anilines is 2. The number of benzene rings is 3. The summed E-state index contributed by atoms with van der Waals surface area (Å²) < 4.78 is 0. The summed E-state index contributed by atoms with van der Waals surface area (Å²) in [4.78, 5) is 64.9. The van der Waals surface area contributed by atoms with Crippen LogP contribution in [-0.2, 0) is 22.2 Å². The van der Waals surface area contributed by atoms with E-state index in [0.717, 1.165) is 41.4 Å². The number of para-hydroxylation sites is 2. The maximum absolute atomic E-state index is 13.9. The molecule has 0 radical (unpaired) electrons. The second kappa shape index (κ2) is 13.2. The summed E-state index contributed by atoms with van der Waals surface area (Å²) in [5.74, 6) is -0.822. The molecule has 2 aliphatic rings. The first-order chi connectivity index (χ1) is 24.1. The minimum absolute atomic E-state index is 0.0655. The molecule has 2 heterocycles. The van der Waals surface area contributed by atoms with Crippen molar-refractivity contribution in [1.29, 1.82) is 0 Å². The molecule has 0 aromatic heterocycles. The van der Waals surface area contributed by atoms with E-state index in [0.29, 0.717) is 18.5 Å². The lowest BCUT2D eigenvalue weighted by molar-refractivity contribution is -0.394. The molecule has 51 heavy (non-hydrogen) atoms. The van der Waals surface area contributed by atoms with Crippen LogP contribution in [0.15, 0.2) is 76.3 Å². The molecule has 0 saturated heterocycles. The Morgan fingerprint density at radius 1 is 0.745 bits per heavy atom. The van der Waals surface area contributed by atoms with Gasteiger partial charge in [0.25, 0.3) is 11.4 Å². The summed E-state index contributed by atoms with van der Waals surface area (Å²) in [6.45, 7) is 8.89. The van der Waals surface area contributed by atoms with Crippen molar-refractivity contribution in [2.75, 3.05) is 16.3 Å². The molecule has 0 saturated carbocycles. The summed E-state index contributed by atoms with van der Waals surface area (Å²) >= 11 is 0. The Morgan fingerprint density at radius 2 is 1.22 bits per heavy atom. The van der Waals surface area contributed by atoms with Crippen LogP contribution in [0.5, 0.6) is 0 Å². The smallest absolute Gasteiger partial charge is 0.303 e. The number of unbranched alkanes of at least 4 members (excludes halogenated alkanes) is 2. The van der Waals surface area contributed by atoms with Gasteiger partial charge in [0.1, 0.15) is 0 Å². The van der Waals surface area contributed by atoms with Crippen LogP contribution in [0.1, 0.15) is 70.1 Å². The van der Waals surface area contributed by atoms with Crippen molar-refractivity contribution >= 4 is 40.9 Å². The van der Waals surface area contributed by atoms with E-state index in [-0.39, 0.29) is 40.3 Å². The predicted molar refractivity (Wildman–Crippen MR) is 195 cm³/mol. The quantitative estimate of drug-likeness (QED) is 0.123. The molecule has 4 aromatic carbocycles. The van der Waals surface area contributed by atoms with Crippen LogP contribution < -0.4 is 31.1 Å². The van der Waals surface area contributed by atoms with E-state index in [9.17, 15) is 34.6 Å². The molecule has 1 N–H and O–H groups in total. The lowest BCUT2D eigenvalue weighted by atomic mass is 9.79. The summed E-state index contributed by atoms with van der Waals surface area (Å²) in [5.41, 5.74) is 1.72. The van der Waals surface area contributed by atoms with Gasteiger partial charge in [-0.25, -0.2) is 0 Å². The monoisotopic (exact) mass is 692 g/mol. The lowest BCUT2D eigenvalue weighted by Crippen LogP contribution is -2.66. The summed E-state index contributed by atoms with van der Waals surface area (Å²) in [5, 5.41) is 32.5. The fourth-order valence-electron chi connectivity index (χ4n) is 7.92. The van der Waals surface area contributed by atoms with Crippen LogP contribution in [-0.4, -0.2) is 39.6 Å². The molecule has 6 rings (SSSR count). The number of hydrogen-bond donors (Lipinski definition) is 1. The molecule has 0 amide bonds. The van der Waals surface area contributed by atoms with Crippen LogP contribution in [0.3, 0.4) is 0 Å². The number of rotatable bonds is 12. The van der Waals surface area contributed by atoms with E-state index in [1.165, 1.54) is 12.1 Å². The zero-order valence-corrected chi connectivity index (χ0v) is 29.0. The molecule has 2 atom stereocenters. The number of carboxylic acids is 1. The second-order valence-corrected chi connectivity index (χ2v) is 14.6. The number of nitro groups is 2. The van der Waals surface area contributed by atoms with Crippen molar-refractivity contribution in [1.82, 2.24) is 0 Å². The maximum Gasteiger partial charge on any atom is 0.303 e. The first-order valence-electron chi connectivity index (χ1n) is 17.0. The Hall–Kier alpha value is -5.65. The number of hydrogen-bond acceptors (Lipinski definition) is 9. The molecule has 12 heteroatoms. The van der Waals surface area contributed by atoms with Gasteiger partial charge < -0.3 is 14.9 Å². The van der Waals surface area contributed by atoms with Gasteiger partial charge in [-0.2, -0.15) is 0 Å². The van der Waals surface area contributed by atoms with E-state index in [4.69, 9.17) is 5.11 Å². The van der Waals surface area contributed by atoms with Gasteiger partial charge in [-0.05, 0) is 53.8 Å². The van der Waals surface area contributed by atoms with E-state index < -0.39 is 44.1 Å². The Labute approximate surface area is 293 Å². The zero-order chi connectivity index (χ0) is 36.8. The standard InChI is InChI=1S/C39H40N4O8/c1-38(2)29-12-7-9-14-31(29)40(17-11-5-6-16-35(44)45)33(38)21-27-36(46)28(37(27)47)22-34-39(3,4)30-13-8-10-15-32(30)41(34)23-24-18-25(42(48)49)20-26(19-24)43(50)51/h7-10,12-15,18-22,33-34H,5-6,11,16-17,23H2,1-4H3,(H,44,45). The van der Waals surface area contributed by atoms with Crippen LogP contribution in [0.2, 0.25) is 0 Å². The third-order valence-corrected chi connectivity index (χ3v) is 10.6. The van der Waals surface area contributed by atoms with Gasteiger partial charge in [-0.3, -0.25) is 34.6 Å². The average molecular weight is 693 g/mol. The minimum Gasteiger partial charge on any atom is -0.481 e. The third kappa shape index (κ3) is 6.30. The Morgan fingerprint density at radius 3 is 1.71 bits per heavy atom. The van der Waals surface area contributed by atoms with E-state index in [1.54, 1.807) is 12.2 Å². The van der Waals surface area contributed by atoms with Crippen LogP contribution in [0.4, 0.5) is 22.7 Å². The number of aliphatic carboxylic acids is 1. The third-order valence-electron chi connectivity index (χ3n) is 10.6. The Balaban J connectivity index is 1.39. The molecule has 264 valence electrons. The molecular weight excluding hydrogens is 652 g/mol. The Kier molecular flexibility index (Phi) is 9.13. The first-order valence-corrected chi connectivity index (χ1v) is 17.0. The van der Waals surface area contributed by atoms with E-state index >= 15 is 0 Å². The number of carbonyl (C=O) groups is 1. The van der Waals surface area contributed by atoms with Gasteiger partial charge in [0.05, 0.1) is 38.4 Å². The van der Waals surface area contributed by atoms with Crippen molar-refractivity contribution in [2.24, 2.45) is 0 Å². The molecule has 0 spiro atoms.